The Kier molecular flexibility index (Phi) is 3.00. The van der Waals surface area contributed by atoms with Gasteiger partial charge in [-0.2, -0.15) is 5.10 Å². The summed E-state index contributed by atoms with van der Waals surface area (Å²) in [5.41, 5.74) is 1.00. The van der Waals surface area contributed by atoms with Crippen molar-refractivity contribution in [1.29, 1.82) is 0 Å². The summed E-state index contributed by atoms with van der Waals surface area (Å²) in [6.45, 7) is 0.572. The van der Waals surface area contributed by atoms with Gasteiger partial charge in [-0.05, 0) is 12.5 Å². The number of aryl methyl sites for hydroxylation is 1. The second-order valence-corrected chi connectivity index (χ2v) is 3.83. The fraction of sp³-hybridized carbons (Fsp3) is 0.500. The van der Waals surface area contributed by atoms with Crippen LogP contribution in [0.4, 0.5) is 0 Å². The Bertz CT molecular complexity index is 413. The molecule has 1 unspecified atom stereocenters. The molecule has 0 spiro atoms. The van der Waals surface area contributed by atoms with Gasteiger partial charge in [0.25, 0.3) is 0 Å². The Morgan fingerprint density at radius 2 is 2.44 bits per heavy atom. The van der Waals surface area contributed by atoms with E-state index in [2.05, 4.69) is 15.7 Å². The number of amides is 2. The molecule has 1 fully saturated rings. The van der Waals surface area contributed by atoms with E-state index in [9.17, 15) is 9.59 Å². The van der Waals surface area contributed by atoms with Crippen LogP contribution in [-0.2, 0) is 23.2 Å². The fourth-order valence-electron chi connectivity index (χ4n) is 1.69. The normalized spacial score (nSPS) is 20.9. The molecule has 16 heavy (non-hydrogen) atoms. The zero-order valence-electron chi connectivity index (χ0n) is 9.06. The van der Waals surface area contributed by atoms with Crippen molar-refractivity contribution in [3.05, 3.63) is 18.0 Å². The van der Waals surface area contributed by atoms with Crippen molar-refractivity contribution in [1.82, 2.24) is 20.4 Å². The number of piperidine rings is 1. The molecule has 2 amide bonds. The van der Waals surface area contributed by atoms with Crippen LogP contribution in [-0.4, -0.2) is 27.6 Å². The monoisotopic (exact) mass is 222 g/mol. The van der Waals surface area contributed by atoms with Crippen molar-refractivity contribution in [2.45, 2.75) is 25.4 Å². The molecule has 2 rings (SSSR count). The first-order valence-electron chi connectivity index (χ1n) is 5.21. The van der Waals surface area contributed by atoms with E-state index in [4.69, 9.17) is 0 Å². The molecule has 1 aliphatic heterocycles. The molecule has 1 saturated heterocycles. The summed E-state index contributed by atoms with van der Waals surface area (Å²) in [5, 5.41) is 9.45. The third-order valence-corrected chi connectivity index (χ3v) is 2.69. The number of imide groups is 1. The zero-order valence-corrected chi connectivity index (χ0v) is 9.06. The van der Waals surface area contributed by atoms with Crippen molar-refractivity contribution in [2.75, 3.05) is 0 Å². The lowest BCUT2D eigenvalue weighted by Gasteiger charge is -2.21. The standard InChI is InChI=1S/C10H14N4O2/c1-14-7(4-5-12-14)6-11-8-2-3-9(15)13-10(8)16/h4-5,8,11H,2-3,6H2,1H3,(H,13,15,16). The molecular formula is C10H14N4O2. The largest absolute Gasteiger partial charge is 0.300 e. The second kappa shape index (κ2) is 4.44. The van der Waals surface area contributed by atoms with Crippen LogP contribution in [0.25, 0.3) is 0 Å². The molecule has 2 heterocycles. The van der Waals surface area contributed by atoms with Crippen LogP contribution < -0.4 is 10.6 Å². The maximum atomic E-state index is 11.4. The molecule has 1 atom stereocenters. The zero-order chi connectivity index (χ0) is 11.5. The predicted octanol–water partition coefficient (Wildman–Crippen LogP) is -0.685. The number of hydrogen-bond donors (Lipinski definition) is 2. The highest BCUT2D eigenvalue weighted by Gasteiger charge is 2.25. The average Bonchev–Trinajstić information content (AvgIpc) is 2.63. The first-order chi connectivity index (χ1) is 7.66. The molecule has 86 valence electrons. The summed E-state index contributed by atoms with van der Waals surface area (Å²) in [6.07, 6.45) is 2.67. The molecule has 0 aromatic carbocycles. The molecule has 0 bridgehead atoms. The minimum absolute atomic E-state index is 0.191. The molecule has 6 nitrogen and oxygen atoms in total. The maximum Gasteiger partial charge on any atom is 0.243 e. The number of nitrogens with zero attached hydrogens (tertiary/aromatic N) is 2. The lowest BCUT2D eigenvalue weighted by atomic mass is 10.1. The summed E-state index contributed by atoms with van der Waals surface area (Å²) >= 11 is 0. The summed E-state index contributed by atoms with van der Waals surface area (Å²) < 4.78 is 1.75. The van der Waals surface area contributed by atoms with Crippen LogP contribution in [0.5, 0.6) is 0 Å². The Morgan fingerprint density at radius 1 is 1.62 bits per heavy atom. The molecule has 2 N–H and O–H groups in total. The van der Waals surface area contributed by atoms with E-state index in [0.717, 1.165) is 5.69 Å². The van der Waals surface area contributed by atoms with Gasteiger partial charge in [0.15, 0.2) is 0 Å². The lowest BCUT2D eigenvalue weighted by Crippen LogP contribution is -2.50. The highest BCUT2D eigenvalue weighted by atomic mass is 16.2. The Hall–Kier alpha value is -1.69. The predicted molar refractivity (Wildman–Crippen MR) is 56.2 cm³/mol. The third-order valence-electron chi connectivity index (χ3n) is 2.69. The van der Waals surface area contributed by atoms with Gasteiger partial charge in [0.2, 0.25) is 11.8 Å². The highest BCUT2D eigenvalue weighted by molar-refractivity contribution is 6.00. The van der Waals surface area contributed by atoms with Gasteiger partial charge in [-0.25, -0.2) is 0 Å². The molecule has 1 aromatic rings. The van der Waals surface area contributed by atoms with E-state index in [1.54, 1.807) is 10.9 Å². The first-order valence-corrected chi connectivity index (χ1v) is 5.21. The van der Waals surface area contributed by atoms with Gasteiger partial charge in [0, 0.05) is 26.2 Å². The van der Waals surface area contributed by atoms with Gasteiger partial charge in [0.1, 0.15) is 0 Å². The van der Waals surface area contributed by atoms with E-state index in [0.29, 0.717) is 19.4 Å². The van der Waals surface area contributed by atoms with Crippen LogP contribution in [0.2, 0.25) is 0 Å². The molecule has 0 saturated carbocycles. The fourth-order valence-corrected chi connectivity index (χ4v) is 1.69. The van der Waals surface area contributed by atoms with E-state index in [-0.39, 0.29) is 17.9 Å². The Balaban J connectivity index is 1.89. The van der Waals surface area contributed by atoms with E-state index in [1.807, 2.05) is 13.1 Å². The second-order valence-electron chi connectivity index (χ2n) is 3.83. The van der Waals surface area contributed by atoms with Crippen LogP contribution in [0.3, 0.4) is 0 Å². The van der Waals surface area contributed by atoms with Crippen molar-refractivity contribution < 1.29 is 9.59 Å². The van der Waals surface area contributed by atoms with Crippen LogP contribution in [0.15, 0.2) is 12.3 Å². The topological polar surface area (TPSA) is 76.0 Å². The minimum atomic E-state index is -0.285. The van der Waals surface area contributed by atoms with Gasteiger partial charge >= 0.3 is 0 Å². The summed E-state index contributed by atoms with van der Waals surface area (Å²) in [5.74, 6) is -0.429. The Morgan fingerprint density at radius 3 is 3.06 bits per heavy atom. The summed E-state index contributed by atoms with van der Waals surface area (Å²) in [7, 11) is 1.85. The molecule has 6 heteroatoms. The summed E-state index contributed by atoms with van der Waals surface area (Å²) in [4.78, 5) is 22.4. The van der Waals surface area contributed by atoms with E-state index < -0.39 is 0 Å². The van der Waals surface area contributed by atoms with Gasteiger partial charge in [-0.3, -0.25) is 19.6 Å². The van der Waals surface area contributed by atoms with Gasteiger partial charge < -0.3 is 5.32 Å². The summed E-state index contributed by atoms with van der Waals surface area (Å²) in [6, 6.07) is 1.60. The molecule has 1 aliphatic rings. The molecule has 0 aliphatic carbocycles. The number of nitrogens with one attached hydrogen (secondary N) is 2. The van der Waals surface area contributed by atoms with Gasteiger partial charge in [-0.1, -0.05) is 0 Å². The van der Waals surface area contributed by atoms with Gasteiger partial charge in [0.05, 0.1) is 11.7 Å². The van der Waals surface area contributed by atoms with Crippen molar-refractivity contribution >= 4 is 11.8 Å². The maximum absolute atomic E-state index is 11.4. The van der Waals surface area contributed by atoms with Gasteiger partial charge in [-0.15, -0.1) is 0 Å². The highest BCUT2D eigenvalue weighted by Crippen LogP contribution is 2.05. The quantitative estimate of drug-likeness (QED) is 0.664. The number of rotatable bonds is 3. The SMILES string of the molecule is Cn1nccc1CNC1CCC(=O)NC1=O. The lowest BCUT2D eigenvalue weighted by molar-refractivity contribution is -0.134. The number of aromatic nitrogens is 2. The van der Waals surface area contributed by atoms with Crippen molar-refractivity contribution in [3.63, 3.8) is 0 Å². The third kappa shape index (κ3) is 2.27. The minimum Gasteiger partial charge on any atom is -0.300 e. The number of carbonyl (C=O) groups excluding carboxylic acids is 2. The average molecular weight is 222 g/mol. The molecule has 0 radical (unpaired) electrons. The molecule has 1 aromatic heterocycles. The number of hydrogen-bond acceptors (Lipinski definition) is 4. The van der Waals surface area contributed by atoms with Crippen molar-refractivity contribution in [2.24, 2.45) is 7.05 Å². The smallest absolute Gasteiger partial charge is 0.243 e. The Labute approximate surface area is 93.0 Å². The molecular weight excluding hydrogens is 208 g/mol. The first kappa shape index (κ1) is 10.8. The van der Waals surface area contributed by atoms with Crippen LogP contribution in [0.1, 0.15) is 18.5 Å². The van der Waals surface area contributed by atoms with Crippen LogP contribution >= 0.6 is 0 Å². The number of carbonyl (C=O) groups is 2. The van der Waals surface area contributed by atoms with Crippen LogP contribution in [0, 0.1) is 0 Å². The van der Waals surface area contributed by atoms with E-state index in [1.165, 1.54) is 0 Å². The van der Waals surface area contributed by atoms with E-state index >= 15 is 0 Å². The van der Waals surface area contributed by atoms with Crippen molar-refractivity contribution in [3.8, 4) is 0 Å².